The Hall–Kier alpha value is -3.61. The van der Waals surface area contributed by atoms with Gasteiger partial charge in [-0.2, -0.15) is 0 Å². The standard InChI is InChI=1S/C19H16N2O5/c1-25-17-10-12(7-9-16(17)26-11-18(22)23)6-8-15-19(24)21-14-5-3-2-4-13(14)20-15/h2-10H,11H2,1H3,(H,21,24)(H,22,23)/p-1/b8-6+. The minimum atomic E-state index is -1.32. The number of carbonyl (C=O) groups is 1. The molecule has 0 spiro atoms. The molecule has 0 aliphatic carbocycles. The molecule has 26 heavy (non-hydrogen) atoms. The highest BCUT2D eigenvalue weighted by molar-refractivity contribution is 5.77. The maximum atomic E-state index is 12.1. The summed E-state index contributed by atoms with van der Waals surface area (Å²) in [6.07, 6.45) is 3.30. The van der Waals surface area contributed by atoms with Gasteiger partial charge in [-0.3, -0.25) is 4.79 Å². The number of ether oxygens (including phenoxy) is 2. The lowest BCUT2D eigenvalue weighted by Gasteiger charge is -2.11. The van der Waals surface area contributed by atoms with E-state index in [2.05, 4.69) is 9.97 Å². The second-order valence-corrected chi connectivity index (χ2v) is 5.37. The third kappa shape index (κ3) is 3.89. The number of hydrogen-bond donors (Lipinski definition) is 1. The Bertz CT molecular complexity index is 1040. The normalized spacial score (nSPS) is 11.0. The summed E-state index contributed by atoms with van der Waals surface area (Å²) in [6.45, 7) is -0.568. The number of H-pyrrole nitrogens is 1. The van der Waals surface area contributed by atoms with Crippen LogP contribution in [0, 0.1) is 0 Å². The van der Waals surface area contributed by atoms with Crippen molar-refractivity contribution in [1.29, 1.82) is 0 Å². The Balaban J connectivity index is 1.87. The summed E-state index contributed by atoms with van der Waals surface area (Å²) in [4.78, 5) is 29.7. The molecule has 0 fully saturated rings. The van der Waals surface area contributed by atoms with Gasteiger partial charge in [0.05, 0.1) is 24.1 Å². The number of methoxy groups -OCH3 is 1. The summed E-state index contributed by atoms with van der Waals surface area (Å²) in [5.74, 6) is -0.665. The van der Waals surface area contributed by atoms with E-state index in [1.54, 1.807) is 36.4 Å². The maximum absolute atomic E-state index is 12.1. The first-order valence-electron chi connectivity index (χ1n) is 7.74. The highest BCUT2D eigenvalue weighted by Crippen LogP contribution is 2.28. The van der Waals surface area contributed by atoms with Crippen molar-refractivity contribution >= 4 is 29.2 Å². The molecule has 1 N–H and O–H groups in total. The fourth-order valence-corrected chi connectivity index (χ4v) is 2.38. The number of aromatic nitrogens is 2. The summed E-state index contributed by atoms with van der Waals surface area (Å²) in [5, 5.41) is 10.5. The van der Waals surface area contributed by atoms with Crippen LogP contribution >= 0.6 is 0 Å². The number of carboxylic acids is 1. The molecule has 0 amide bonds. The van der Waals surface area contributed by atoms with Crippen molar-refractivity contribution in [1.82, 2.24) is 9.97 Å². The molecule has 132 valence electrons. The fraction of sp³-hybridized carbons (Fsp3) is 0.105. The molecule has 0 saturated carbocycles. The molecule has 0 atom stereocenters. The first-order valence-corrected chi connectivity index (χ1v) is 7.74. The van der Waals surface area contributed by atoms with E-state index >= 15 is 0 Å². The molecule has 0 unspecified atom stereocenters. The van der Waals surface area contributed by atoms with E-state index in [9.17, 15) is 14.7 Å². The van der Waals surface area contributed by atoms with E-state index < -0.39 is 12.6 Å². The molecule has 1 heterocycles. The van der Waals surface area contributed by atoms with Gasteiger partial charge in [-0.15, -0.1) is 0 Å². The third-order valence-corrected chi connectivity index (χ3v) is 3.59. The van der Waals surface area contributed by atoms with Crippen LogP contribution in [0.1, 0.15) is 11.3 Å². The average Bonchev–Trinajstić information content (AvgIpc) is 2.64. The Morgan fingerprint density at radius 3 is 2.77 bits per heavy atom. The Kier molecular flexibility index (Phi) is 4.98. The van der Waals surface area contributed by atoms with Crippen molar-refractivity contribution < 1.29 is 19.4 Å². The largest absolute Gasteiger partial charge is 0.546 e. The molecule has 0 bridgehead atoms. The van der Waals surface area contributed by atoms with Crippen molar-refractivity contribution in [3.63, 3.8) is 0 Å². The van der Waals surface area contributed by atoms with Gasteiger partial charge in [0.25, 0.3) is 5.56 Å². The topological polar surface area (TPSA) is 104 Å². The van der Waals surface area contributed by atoms with Crippen LogP contribution in [0.2, 0.25) is 0 Å². The molecule has 2 aromatic carbocycles. The van der Waals surface area contributed by atoms with Crippen LogP contribution in [0.4, 0.5) is 0 Å². The van der Waals surface area contributed by atoms with Gasteiger partial charge >= 0.3 is 0 Å². The van der Waals surface area contributed by atoms with E-state index in [0.29, 0.717) is 16.8 Å². The van der Waals surface area contributed by atoms with Gasteiger partial charge < -0.3 is 24.4 Å². The molecular weight excluding hydrogens is 336 g/mol. The Morgan fingerprint density at radius 1 is 1.19 bits per heavy atom. The second kappa shape index (κ2) is 7.52. The van der Waals surface area contributed by atoms with Crippen LogP contribution in [0.25, 0.3) is 23.2 Å². The first-order chi connectivity index (χ1) is 12.6. The molecule has 1 aromatic heterocycles. The zero-order valence-corrected chi connectivity index (χ0v) is 13.9. The predicted octanol–water partition coefficient (Wildman–Crippen LogP) is 1.23. The van der Waals surface area contributed by atoms with Crippen LogP contribution in [-0.4, -0.2) is 29.7 Å². The molecule has 7 heteroatoms. The van der Waals surface area contributed by atoms with Crippen molar-refractivity contribution in [3.8, 4) is 11.5 Å². The summed E-state index contributed by atoms with van der Waals surface area (Å²) >= 11 is 0. The number of carboxylic acid groups (broad SMARTS) is 1. The number of carbonyl (C=O) groups excluding carboxylic acids is 1. The molecule has 0 aliphatic rings. The van der Waals surface area contributed by atoms with Gasteiger partial charge in [-0.25, -0.2) is 4.98 Å². The van der Waals surface area contributed by atoms with Crippen LogP contribution in [-0.2, 0) is 4.79 Å². The van der Waals surface area contributed by atoms with Crippen LogP contribution in [0.3, 0.4) is 0 Å². The number of aliphatic carboxylic acids is 1. The highest BCUT2D eigenvalue weighted by atomic mass is 16.5. The number of nitrogens with one attached hydrogen (secondary N) is 1. The maximum Gasteiger partial charge on any atom is 0.274 e. The van der Waals surface area contributed by atoms with Crippen molar-refractivity contribution in [3.05, 3.63) is 64.1 Å². The van der Waals surface area contributed by atoms with E-state index in [4.69, 9.17) is 9.47 Å². The number of aromatic amines is 1. The second-order valence-electron chi connectivity index (χ2n) is 5.37. The van der Waals surface area contributed by atoms with Crippen molar-refractivity contribution in [2.75, 3.05) is 13.7 Å². The van der Waals surface area contributed by atoms with Gasteiger partial charge in [-0.1, -0.05) is 24.3 Å². The summed E-state index contributed by atoms with van der Waals surface area (Å²) in [6, 6.07) is 12.2. The Morgan fingerprint density at radius 2 is 2.00 bits per heavy atom. The highest BCUT2D eigenvalue weighted by Gasteiger charge is 2.06. The van der Waals surface area contributed by atoms with Crippen molar-refractivity contribution in [2.24, 2.45) is 0 Å². The first kappa shape index (κ1) is 17.2. The number of fused-ring (bicyclic) bond motifs is 1. The van der Waals surface area contributed by atoms with Crippen LogP contribution < -0.4 is 20.1 Å². The SMILES string of the molecule is COc1cc(/C=C/c2nc3ccccc3[nH]c2=O)ccc1OCC(=O)[O-]. The monoisotopic (exact) mass is 351 g/mol. The van der Waals surface area contributed by atoms with Crippen LogP contribution in [0.15, 0.2) is 47.3 Å². The predicted molar refractivity (Wildman–Crippen MR) is 94.8 cm³/mol. The molecule has 0 radical (unpaired) electrons. The molecule has 0 saturated heterocycles. The lowest BCUT2D eigenvalue weighted by molar-refractivity contribution is -0.307. The van der Waals surface area contributed by atoms with Crippen molar-refractivity contribution in [2.45, 2.75) is 0 Å². The zero-order chi connectivity index (χ0) is 18.5. The number of nitrogens with zero attached hydrogens (tertiary/aromatic N) is 1. The number of benzene rings is 2. The number of hydrogen-bond acceptors (Lipinski definition) is 6. The minimum Gasteiger partial charge on any atom is -0.546 e. The van der Waals surface area contributed by atoms with E-state index in [0.717, 1.165) is 5.56 Å². The van der Waals surface area contributed by atoms with E-state index in [1.165, 1.54) is 7.11 Å². The molecule has 3 aromatic rings. The molecule has 3 rings (SSSR count). The van der Waals surface area contributed by atoms with Gasteiger partial charge in [0, 0.05) is 0 Å². The Labute approximate surface area is 148 Å². The minimum absolute atomic E-state index is 0.278. The third-order valence-electron chi connectivity index (χ3n) is 3.59. The molecule has 0 aliphatic heterocycles. The number of para-hydroxylation sites is 2. The average molecular weight is 351 g/mol. The smallest absolute Gasteiger partial charge is 0.274 e. The lowest BCUT2D eigenvalue weighted by atomic mass is 10.1. The summed E-state index contributed by atoms with van der Waals surface area (Å²) < 4.78 is 10.3. The quantitative estimate of drug-likeness (QED) is 0.716. The summed E-state index contributed by atoms with van der Waals surface area (Å²) in [5.41, 5.74) is 2.08. The van der Waals surface area contributed by atoms with Gasteiger partial charge in [0.15, 0.2) is 11.5 Å². The van der Waals surface area contributed by atoms with Crippen LogP contribution in [0.5, 0.6) is 11.5 Å². The van der Waals surface area contributed by atoms with Gasteiger partial charge in [0.1, 0.15) is 12.3 Å². The lowest BCUT2D eigenvalue weighted by Crippen LogP contribution is -2.29. The molecular formula is C19H15N2O5-. The number of rotatable bonds is 6. The molecule has 7 nitrogen and oxygen atoms in total. The van der Waals surface area contributed by atoms with Gasteiger partial charge in [-0.05, 0) is 35.9 Å². The summed E-state index contributed by atoms with van der Waals surface area (Å²) in [7, 11) is 1.45. The fourth-order valence-electron chi connectivity index (χ4n) is 2.38. The zero-order valence-electron chi connectivity index (χ0n) is 13.9. The van der Waals surface area contributed by atoms with E-state index in [-0.39, 0.29) is 17.0 Å². The van der Waals surface area contributed by atoms with Gasteiger partial charge in [0.2, 0.25) is 0 Å². The van der Waals surface area contributed by atoms with E-state index in [1.807, 2.05) is 18.2 Å².